The van der Waals surface area contributed by atoms with Crippen LogP contribution >= 0.6 is 0 Å². The van der Waals surface area contributed by atoms with Crippen LogP contribution in [0.15, 0.2) is 0 Å². The summed E-state index contributed by atoms with van der Waals surface area (Å²) in [6.45, 7) is 15.7. The lowest BCUT2D eigenvalue weighted by atomic mass is 9.80. The van der Waals surface area contributed by atoms with E-state index >= 15 is 0 Å². The van der Waals surface area contributed by atoms with Crippen molar-refractivity contribution in [1.29, 1.82) is 0 Å². The van der Waals surface area contributed by atoms with Gasteiger partial charge in [0.2, 0.25) is 0 Å². The van der Waals surface area contributed by atoms with Crippen LogP contribution in [-0.4, -0.2) is 29.4 Å². The van der Waals surface area contributed by atoms with Crippen molar-refractivity contribution < 1.29 is 0 Å². The van der Waals surface area contributed by atoms with Crippen LogP contribution in [0.3, 0.4) is 0 Å². The third-order valence-corrected chi connectivity index (χ3v) is 4.75. The molecule has 0 saturated carbocycles. The van der Waals surface area contributed by atoms with Crippen molar-refractivity contribution in [3.05, 3.63) is 11.3 Å². The quantitative estimate of drug-likeness (QED) is 0.847. The van der Waals surface area contributed by atoms with E-state index in [0.717, 1.165) is 37.8 Å². The van der Waals surface area contributed by atoms with Crippen LogP contribution in [0.1, 0.15) is 51.8 Å². The molecule has 1 N–H and O–H groups in total. The molecule has 1 fully saturated rings. The zero-order valence-electron chi connectivity index (χ0n) is 14.7. The summed E-state index contributed by atoms with van der Waals surface area (Å²) < 4.78 is 2.07. The van der Waals surface area contributed by atoms with Crippen molar-refractivity contribution in [2.75, 3.05) is 24.5 Å². The molecule has 21 heavy (non-hydrogen) atoms. The summed E-state index contributed by atoms with van der Waals surface area (Å²) in [4.78, 5) is 2.54. The Morgan fingerprint density at radius 1 is 1.33 bits per heavy atom. The van der Waals surface area contributed by atoms with Gasteiger partial charge in [-0.25, -0.2) is 0 Å². The molecule has 0 bridgehead atoms. The van der Waals surface area contributed by atoms with E-state index in [2.05, 4.69) is 61.7 Å². The molecule has 0 aromatic carbocycles. The number of hydrogen-bond acceptors (Lipinski definition) is 3. The number of hydrogen-bond donors (Lipinski definition) is 1. The molecule has 4 nitrogen and oxygen atoms in total. The van der Waals surface area contributed by atoms with E-state index in [1.54, 1.807) is 0 Å². The lowest BCUT2D eigenvalue weighted by Gasteiger charge is -2.28. The summed E-state index contributed by atoms with van der Waals surface area (Å²) >= 11 is 0. The zero-order chi connectivity index (χ0) is 15.6. The van der Waals surface area contributed by atoms with E-state index in [1.165, 1.54) is 24.2 Å². The minimum Gasteiger partial charge on any atom is -0.356 e. The highest BCUT2D eigenvalue weighted by Gasteiger charge is 2.34. The minimum atomic E-state index is 0.392. The molecule has 1 saturated heterocycles. The highest BCUT2D eigenvalue weighted by Crippen LogP contribution is 2.36. The minimum absolute atomic E-state index is 0.392. The van der Waals surface area contributed by atoms with Gasteiger partial charge in [0.25, 0.3) is 0 Å². The maximum atomic E-state index is 4.66. The van der Waals surface area contributed by atoms with Crippen molar-refractivity contribution in [1.82, 2.24) is 15.1 Å². The molecule has 0 amide bonds. The summed E-state index contributed by atoms with van der Waals surface area (Å²) in [5, 5.41) is 8.19. The Labute approximate surface area is 129 Å². The van der Waals surface area contributed by atoms with Gasteiger partial charge in [-0.2, -0.15) is 5.10 Å². The van der Waals surface area contributed by atoms with Gasteiger partial charge in [-0.05, 0) is 37.6 Å². The molecule has 2 rings (SSSR count). The van der Waals surface area contributed by atoms with Crippen LogP contribution in [0.2, 0.25) is 0 Å². The molecule has 1 unspecified atom stereocenters. The molecule has 4 heteroatoms. The Morgan fingerprint density at radius 3 is 2.62 bits per heavy atom. The molecule has 1 aliphatic heterocycles. The Balaban J connectivity index is 2.16. The summed E-state index contributed by atoms with van der Waals surface area (Å²) in [5.74, 6) is 2.09. The number of rotatable bonds is 5. The molecule has 2 heterocycles. The topological polar surface area (TPSA) is 33.1 Å². The lowest BCUT2D eigenvalue weighted by molar-refractivity contribution is 0.263. The second kappa shape index (κ2) is 6.39. The molecule has 1 aromatic rings. The van der Waals surface area contributed by atoms with Gasteiger partial charge in [0.15, 0.2) is 0 Å². The SMILES string of the molecule is CCCNCc1c(C)nn(C)c1N1CCC(C(C)(C)C)C1. The molecular weight excluding hydrogens is 260 g/mol. The van der Waals surface area contributed by atoms with E-state index in [1.807, 2.05) is 0 Å². The number of nitrogens with zero attached hydrogens (tertiary/aromatic N) is 3. The first kappa shape index (κ1) is 16.3. The molecule has 1 atom stereocenters. The van der Waals surface area contributed by atoms with Crippen LogP contribution < -0.4 is 10.2 Å². The van der Waals surface area contributed by atoms with Gasteiger partial charge < -0.3 is 10.2 Å². The van der Waals surface area contributed by atoms with Gasteiger partial charge >= 0.3 is 0 Å². The van der Waals surface area contributed by atoms with Crippen molar-refractivity contribution in [2.45, 2.75) is 54.0 Å². The third kappa shape index (κ3) is 3.60. The van der Waals surface area contributed by atoms with Gasteiger partial charge in [-0.15, -0.1) is 0 Å². The lowest BCUT2D eigenvalue weighted by Crippen LogP contribution is -2.28. The maximum absolute atomic E-state index is 4.66. The largest absolute Gasteiger partial charge is 0.356 e. The molecule has 1 aliphatic rings. The summed E-state index contributed by atoms with van der Waals surface area (Å²) in [7, 11) is 2.08. The predicted molar refractivity (Wildman–Crippen MR) is 89.7 cm³/mol. The van der Waals surface area contributed by atoms with Crippen LogP contribution in [0, 0.1) is 18.3 Å². The smallest absolute Gasteiger partial charge is 0.131 e. The second-order valence-electron chi connectivity index (χ2n) is 7.49. The number of aromatic nitrogens is 2. The van der Waals surface area contributed by atoms with Crippen LogP contribution in [0.5, 0.6) is 0 Å². The first-order valence-electron chi connectivity index (χ1n) is 8.32. The van der Waals surface area contributed by atoms with Gasteiger partial charge in [-0.3, -0.25) is 4.68 Å². The van der Waals surface area contributed by atoms with Gasteiger partial charge in [0.05, 0.1) is 5.69 Å². The van der Waals surface area contributed by atoms with Crippen molar-refractivity contribution >= 4 is 5.82 Å². The monoisotopic (exact) mass is 292 g/mol. The zero-order valence-corrected chi connectivity index (χ0v) is 14.7. The number of aryl methyl sites for hydroxylation is 2. The number of anilines is 1. The maximum Gasteiger partial charge on any atom is 0.131 e. The third-order valence-electron chi connectivity index (χ3n) is 4.75. The average molecular weight is 292 g/mol. The average Bonchev–Trinajstić information content (AvgIpc) is 2.95. The summed E-state index contributed by atoms with van der Waals surface area (Å²) in [6, 6.07) is 0. The van der Waals surface area contributed by atoms with Gasteiger partial charge in [0, 0.05) is 32.2 Å². The van der Waals surface area contributed by atoms with Gasteiger partial charge in [0.1, 0.15) is 5.82 Å². The standard InChI is InChI=1S/C17H32N4/c1-7-9-18-11-15-13(2)19-20(6)16(15)21-10-8-14(12-21)17(3,4)5/h14,18H,7-12H2,1-6H3. The highest BCUT2D eigenvalue weighted by molar-refractivity contribution is 5.51. The van der Waals surface area contributed by atoms with E-state index in [9.17, 15) is 0 Å². The molecule has 1 aromatic heterocycles. The fourth-order valence-electron chi connectivity index (χ4n) is 3.34. The van der Waals surface area contributed by atoms with Crippen molar-refractivity contribution in [3.63, 3.8) is 0 Å². The molecule has 0 aliphatic carbocycles. The first-order valence-corrected chi connectivity index (χ1v) is 8.32. The van der Waals surface area contributed by atoms with E-state index in [4.69, 9.17) is 0 Å². The normalized spacial score (nSPS) is 19.5. The van der Waals surface area contributed by atoms with Crippen LogP contribution in [-0.2, 0) is 13.6 Å². The fraction of sp³-hybridized carbons (Fsp3) is 0.824. The molecule has 0 radical (unpaired) electrons. The number of nitrogens with one attached hydrogen (secondary N) is 1. The van der Waals surface area contributed by atoms with Crippen molar-refractivity contribution in [2.24, 2.45) is 18.4 Å². The van der Waals surface area contributed by atoms with E-state index < -0.39 is 0 Å². The molecular formula is C17H32N4. The fourth-order valence-corrected chi connectivity index (χ4v) is 3.34. The predicted octanol–water partition coefficient (Wildman–Crippen LogP) is 3.10. The Bertz CT molecular complexity index is 470. The van der Waals surface area contributed by atoms with E-state index in [-0.39, 0.29) is 0 Å². The second-order valence-corrected chi connectivity index (χ2v) is 7.49. The van der Waals surface area contributed by atoms with Gasteiger partial charge in [-0.1, -0.05) is 27.7 Å². The summed E-state index contributed by atoms with van der Waals surface area (Å²) in [5.41, 5.74) is 2.93. The first-order chi connectivity index (χ1) is 9.84. The Morgan fingerprint density at radius 2 is 2.05 bits per heavy atom. The highest BCUT2D eigenvalue weighted by atomic mass is 15.4. The Kier molecular flexibility index (Phi) is 4.97. The Hall–Kier alpha value is -1.03. The van der Waals surface area contributed by atoms with E-state index in [0.29, 0.717) is 5.41 Å². The summed E-state index contributed by atoms with van der Waals surface area (Å²) in [6.07, 6.45) is 2.46. The van der Waals surface area contributed by atoms with Crippen molar-refractivity contribution in [3.8, 4) is 0 Å². The van der Waals surface area contributed by atoms with Crippen LogP contribution in [0.4, 0.5) is 5.82 Å². The molecule has 120 valence electrons. The molecule has 0 spiro atoms. The van der Waals surface area contributed by atoms with Crippen LogP contribution in [0.25, 0.3) is 0 Å².